The van der Waals surface area contributed by atoms with Gasteiger partial charge in [-0.3, -0.25) is 4.79 Å². The molecule has 0 bridgehead atoms. The molecule has 0 radical (unpaired) electrons. The third-order valence-corrected chi connectivity index (χ3v) is 6.18. The molecule has 12 heteroatoms. The highest BCUT2D eigenvalue weighted by Crippen LogP contribution is 2.38. The van der Waals surface area contributed by atoms with Crippen molar-refractivity contribution in [2.45, 2.75) is 12.9 Å². The Bertz CT molecular complexity index is 1110. The van der Waals surface area contributed by atoms with E-state index in [-0.39, 0.29) is 18.5 Å². The zero-order chi connectivity index (χ0) is 23.3. The van der Waals surface area contributed by atoms with E-state index >= 15 is 0 Å². The van der Waals surface area contributed by atoms with E-state index in [9.17, 15) is 18.0 Å². The number of hydrogen-bond acceptors (Lipinski definition) is 5. The minimum atomic E-state index is -4.90. The molecule has 0 aliphatic rings. The van der Waals surface area contributed by atoms with Gasteiger partial charge in [-0.25, -0.2) is 4.45 Å². The largest absolute Gasteiger partial charge is 0.573 e. The first kappa shape index (κ1) is 24.1. The summed E-state index contributed by atoms with van der Waals surface area (Å²) in [6.45, 7) is 0.00654. The summed E-state index contributed by atoms with van der Waals surface area (Å²) in [7, 11) is 3.12. The fraction of sp³-hybridized carbons (Fsp3) is 0.200. The highest BCUT2D eigenvalue weighted by atomic mass is 127. The number of hydrogen-bond donors (Lipinski definition) is 1. The second-order valence-electron chi connectivity index (χ2n) is 6.31. The van der Waals surface area contributed by atoms with Crippen LogP contribution in [0, 0.1) is 0 Å². The molecule has 7 nitrogen and oxygen atoms in total. The van der Waals surface area contributed by atoms with Crippen LogP contribution in [0.1, 0.15) is 16.1 Å². The number of aromatic nitrogens is 2. The van der Waals surface area contributed by atoms with E-state index in [2.05, 4.69) is 37.2 Å². The number of rotatable bonds is 8. The molecule has 0 aliphatic heterocycles. The predicted molar refractivity (Wildman–Crippen MR) is 123 cm³/mol. The lowest BCUT2D eigenvalue weighted by Crippen LogP contribution is -2.25. The van der Waals surface area contributed by atoms with Crippen LogP contribution < -0.4 is 19.5 Å². The van der Waals surface area contributed by atoms with Gasteiger partial charge in [-0.05, 0) is 58.4 Å². The van der Waals surface area contributed by atoms with E-state index in [1.54, 1.807) is 36.9 Å². The third kappa shape index (κ3) is 5.83. The second-order valence-corrected chi connectivity index (χ2v) is 8.35. The van der Waals surface area contributed by atoms with Crippen LogP contribution in [-0.4, -0.2) is 36.0 Å². The number of amides is 1. The summed E-state index contributed by atoms with van der Waals surface area (Å²) >= 11 is 2.17. The van der Waals surface area contributed by atoms with Crippen molar-refractivity contribution in [2.24, 2.45) is 0 Å². The minimum absolute atomic E-state index is 0.00654. The predicted octanol–water partition coefficient (Wildman–Crippen LogP) is 5.19. The Hall–Kier alpha value is -2.53. The first-order valence-electron chi connectivity index (χ1n) is 9.06. The van der Waals surface area contributed by atoms with Crippen molar-refractivity contribution in [3.05, 3.63) is 59.8 Å². The number of methoxy groups -OCH3 is 2. The maximum absolute atomic E-state index is 12.6. The monoisotopic (exact) mass is 579 g/mol. The molecule has 170 valence electrons. The van der Waals surface area contributed by atoms with Crippen molar-refractivity contribution in [3.8, 4) is 28.5 Å². The molecule has 1 unspecified atom stereocenters. The van der Waals surface area contributed by atoms with Crippen molar-refractivity contribution in [2.75, 3.05) is 14.2 Å². The van der Waals surface area contributed by atoms with Crippen LogP contribution in [0.4, 0.5) is 13.2 Å². The van der Waals surface area contributed by atoms with Crippen LogP contribution in [0.25, 0.3) is 11.3 Å². The number of benzene rings is 2. The van der Waals surface area contributed by atoms with E-state index in [0.717, 1.165) is 17.3 Å². The second kappa shape index (κ2) is 10.4. The Kier molecular flexibility index (Phi) is 7.83. The topological polar surface area (TPSA) is 74.6 Å². The van der Waals surface area contributed by atoms with Crippen LogP contribution in [0.5, 0.6) is 17.2 Å². The molecule has 1 amide bonds. The van der Waals surface area contributed by atoms with Crippen molar-refractivity contribution < 1.29 is 32.2 Å². The number of carbonyl (C=O) groups excluding carboxylic acids is 1. The number of ether oxygens (including phenoxy) is 3. The number of alkyl halides is 3. The number of nitrogens with one attached hydrogen (secondary N) is 1. The van der Waals surface area contributed by atoms with Crippen LogP contribution in [0.15, 0.2) is 48.5 Å². The molecular formula is C20H18F3IN3O4P. The maximum Gasteiger partial charge on any atom is 0.573 e. The lowest BCUT2D eigenvalue weighted by molar-refractivity contribution is -0.274. The van der Waals surface area contributed by atoms with E-state index in [4.69, 9.17) is 9.47 Å². The van der Waals surface area contributed by atoms with Gasteiger partial charge in [0.1, 0.15) is 17.2 Å². The van der Waals surface area contributed by atoms with Gasteiger partial charge in [-0.2, -0.15) is 5.10 Å². The summed E-state index contributed by atoms with van der Waals surface area (Å²) in [6.07, 6.45) is -4.65. The summed E-state index contributed by atoms with van der Waals surface area (Å²) in [6, 6.07) is 12.3. The van der Waals surface area contributed by atoms with Gasteiger partial charge >= 0.3 is 6.36 Å². The average molecular weight is 579 g/mol. The first-order valence-corrected chi connectivity index (χ1v) is 13.1. The van der Waals surface area contributed by atoms with Crippen LogP contribution >= 0.6 is 28.4 Å². The van der Waals surface area contributed by atoms with Crippen molar-refractivity contribution in [1.29, 1.82) is 0 Å². The van der Waals surface area contributed by atoms with Crippen molar-refractivity contribution in [3.63, 3.8) is 0 Å². The molecule has 0 saturated heterocycles. The van der Waals surface area contributed by atoms with Gasteiger partial charge in [-0.1, -0.05) is 12.1 Å². The molecule has 0 fully saturated rings. The summed E-state index contributed by atoms with van der Waals surface area (Å²) in [5.41, 5.74) is 1.80. The highest BCUT2D eigenvalue weighted by molar-refractivity contribution is 14.2. The van der Waals surface area contributed by atoms with Gasteiger partial charge in [0.25, 0.3) is 5.91 Å². The number of halogens is 4. The van der Waals surface area contributed by atoms with Crippen molar-refractivity contribution >= 4 is 34.3 Å². The van der Waals surface area contributed by atoms with Gasteiger partial charge in [0.2, 0.25) is 0 Å². The van der Waals surface area contributed by atoms with E-state index in [1.807, 2.05) is 6.07 Å². The van der Waals surface area contributed by atoms with Crippen molar-refractivity contribution in [1.82, 2.24) is 14.9 Å². The van der Waals surface area contributed by atoms with Crippen LogP contribution in [0.2, 0.25) is 0 Å². The number of para-hydroxylation sites is 1. The van der Waals surface area contributed by atoms with E-state index in [0.29, 0.717) is 17.2 Å². The summed E-state index contributed by atoms with van der Waals surface area (Å²) < 4.78 is 54.3. The molecule has 3 rings (SSSR count). The zero-order valence-electron chi connectivity index (χ0n) is 16.9. The Morgan fingerprint density at radius 3 is 2.53 bits per heavy atom. The Morgan fingerprint density at radius 1 is 1.12 bits per heavy atom. The third-order valence-electron chi connectivity index (χ3n) is 4.31. The van der Waals surface area contributed by atoms with Crippen LogP contribution in [-0.2, 0) is 6.54 Å². The van der Waals surface area contributed by atoms with Gasteiger partial charge in [0.05, 0.1) is 44.1 Å². The van der Waals surface area contributed by atoms with Gasteiger partial charge in [-0.15, -0.1) is 13.2 Å². The SMILES string of the molecule is COc1ccc(OC)c(-c2cc(CNC(=O)c3ccccc3OC(F)(F)F)nn2PI)c1. The normalized spacial score (nSPS) is 11.6. The fourth-order valence-corrected chi connectivity index (χ4v) is 4.47. The van der Waals surface area contributed by atoms with Gasteiger partial charge in [0, 0.05) is 5.56 Å². The van der Waals surface area contributed by atoms with Gasteiger partial charge < -0.3 is 19.5 Å². The number of carbonyl (C=O) groups is 1. The van der Waals surface area contributed by atoms with Gasteiger partial charge in [0.15, 0.2) is 0 Å². The molecule has 0 aliphatic carbocycles. The van der Waals surface area contributed by atoms with E-state index < -0.39 is 18.0 Å². The zero-order valence-corrected chi connectivity index (χ0v) is 20.0. The van der Waals surface area contributed by atoms with Crippen LogP contribution in [0.3, 0.4) is 0 Å². The first-order chi connectivity index (χ1) is 15.3. The minimum Gasteiger partial charge on any atom is -0.497 e. The maximum atomic E-state index is 12.6. The lowest BCUT2D eigenvalue weighted by atomic mass is 10.1. The van der Waals surface area contributed by atoms with E-state index in [1.165, 1.54) is 18.2 Å². The molecule has 1 N–H and O–H groups in total. The fourth-order valence-electron chi connectivity index (χ4n) is 2.92. The highest BCUT2D eigenvalue weighted by Gasteiger charge is 2.32. The Balaban J connectivity index is 1.83. The smallest absolute Gasteiger partial charge is 0.497 e. The molecule has 2 aromatic carbocycles. The number of nitrogens with zero attached hydrogens (tertiary/aromatic N) is 2. The molecule has 32 heavy (non-hydrogen) atoms. The standard InChI is InChI=1S/C20H18F3IN3O4P/c1-29-13-7-8-17(30-2)15(10-13)16-9-12(26-27(16)32-24)11-25-19(28)14-5-3-4-6-18(14)31-20(21,22)23/h3-10,32H,11H2,1-2H3,(H,25,28). The Morgan fingerprint density at radius 2 is 1.88 bits per heavy atom. The Labute approximate surface area is 196 Å². The summed E-state index contributed by atoms with van der Waals surface area (Å²) in [4.78, 5) is 12.5. The molecule has 3 aromatic rings. The molecular weight excluding hydrogens is 561 g/mol. The quantitative estimate of drug-likeness (QED) is 0.294. The summed E-state index contributed by atoms with van der Waals surface area (Å²) in [5, 5.41) is 7.07. The molecule has 0 spiro atoms. The summed E-state index contributed by atoms with van der Waals surface area (Å²) in [5.74, 6) is -0.0210. The molecule has 1 atom stereocenters. The molecule has 1 heterocycles. The molecule has 0 saturated carbocycles. The molecule has 1 aromatic heterocycles. The lowest BCUT2D eigenvalue weighted by Gasteiger charge is -2.12. The average Bonchev–Trinajstić information content (AvgIpc) is 3.19.